The van der Waals surface area contributed by atoms with Gasteiger partial charge >= 0.3 is 0 Å². The smallest absolute Gasteiger partial charge is 0.149 e. The van der Waals surface area contributed by atoms with E-state index in [-0.39, 0.29) is 0 Å². The molecule has 0 unspecified atom stereocenters. The minimum Gasteiger partial charge on any atom is -0.455 e. The zero-order chi connectivity index (χ0) is 9.26. The predicted octanol–water partition coefficient (Wildman–Crippen LogP) is 2.29. The van der Waals surface area contributed by atoms with Crippen LogP contribution < -0.4 is 0 Å². The van der Waals surface area contributed by atoms with Gasteiger partial charge in [0, 0.05) is 6.20 Å². The van der Waals surface area contributed by atoms with E-state index in [1.807, 2.05) is 0 Å². The van der Waals surface area contributed by atoms with Gasteiger partial charge in [-0.05, 0) is 12.1 Å². The highest BCUT2D eigenvalue weighted by atomic mass is 35.5. The molecule has 0 atom stereocenters. The maximum atomic E-state index is 8.27. The minimum absolute atomic E-state index is 0.374. The number of hydrogen-bond acceptors (Lipinski definition) is 4. The molecule has 0 radical (unpaired) electrons. The fourth-order valence-corrected chi connectivity index (χ4v) is 1.27. The highest BCUT2D eigenvalue weighted by Crippen LogP contribution is 2.23. The van der Waals surface area contributed by atoms with E-state index in [9.17, 15) is 0 Å². The number of halogens is 1. The number of nitrogens with zero attached hydrogens (tertiary/aromatic N) is 2. The van der Waals surface area contributed by atoms with Gasteiger partial charge in [-0.3, -0.25) is 0 Å². The average Bonchev–Trinajstić information content (AvgIpc) is 2.49. The Kier molecular flexibility index (Phi) is 1.90. The lowest BCUT2D eigenvalue weighted by Crippen LogP contribution is -1.72. The molecule has 0 saturated heterocycles. The zero-order valence-electron chi connectivity index (χ0n) is 6.44. The molecule has 5 heteroatoms. The van der Waals surface area contributed by atoms with Crippen molar-refractivity contribution >= 4 is 28.8 Å². The Labute approximate surface area is 78.4 Å². The first-order chi connectivity index (χ1) is 6.31. The molecule has 13 heavy (non-hydrogen) atoms. The van der Waals surface area contributed by atoms with Crippen LogP contribution >= 0.6 is 11.6 Å². The molecule has 0 aliphatic heterocycles. The molecule has 0 spiro atoms. The van der Waals surface area contributed by atoms with Crippen LogP contribution in [-0.4, -0.2) is 16.4 Å². The molecule has 0 aromatic carbocycles. The van der Waals surface area contributed by atoms with Crippen LogP contribution in [0.1, 0.15) is 5.76 Å². The standard InChI is InChI=1S/C8H5ClN2O2/c9-8-6-3-5(4-11-12)13-7(6)1-2-10-8/h1-4,12H/b11-4+. The molecular weight excluding hydrogens is 192 g/mol. The Morgan fingerprint density at radius 3 is 3.15 bits per heavy atom. The van der Waals surface area contributed by atoms with Crippen molar-refractivity contribution in [3.05, 3.63) is 29.2 Å². The van der Waals surface area contributed by atoms with Gasteiger partial charge in [0.05, 0.1) is 5.39 Å². The Bertz CT molecular complexity index is 464. The van der Waals surface area contributed by atoms with Crippen LogP contribution in [0.2, 0.25) is 5.15 Å². The summed E-state index contributed by atoms with van der Waals surface area (Å²) in [5, 5.41) is 12.2. The summed E-state index contributed by atoms with van der Waals surface area (Å²) in [4.78, 5) is 3.88. The summed E-state index contributed by atoms with van der Waals surface area (Å²) in [6.45, 7) is 0. The highest BCUT2D eigenvalue weighted by molar-refractivity contribution is 6.34. The van der Waals surface area contributed by atoms with Gasteiger partial charge in [-0.25, -0.2) is 4.98 Å². The van der Waals surface area contributed by atoms with Gasteiger partial charge in [0.1, 0.15) is 22.7 Å². The van der Waals surface area contributed by atoms with Crippen molar-refractivity contribution in [1.82, 2.24) is 4.98 Å². The van der Waals surface area contributed by atoms with Gasteiger partial charge in [0.2, 0.25) is 0 Å². The highest BCUT2D eigenvalue weighted by Gasteiger charge is 2.05. The molecule has 0 saturated carbocycles. The summed E-state index contributed by atoms with van der Waals surface area (Å²) >= 11 is 5.79. The molecule has 2 aromatic heterocycles. The second-order valence-electron chi connectivity index (χ2n) is 2.41. The van der Waals surface area contributed by atoms with Crippen LogP contribution in [0.4, 0.5) is 0 Å². The van der Waals surface area contributed by atoms with Crippen LogP contribution in [0.25, 0.3) is 11.0 Å². The van der Waals surface area contributed by atoms with Gasteiger partial charge in [0.15, 0.2) is 0 Å². The quantitative estimate of drug-likeness (QED) is 0.330. The van der Waals surface area contributed by atoms with Crippen molar-refractivity contribution in [3.8, 4) is 0 Å². The minimum atomic E-state index is 0.374. The maximum Gasteiger partial charge on any atom is 0.149 e. The second kappa shape index (κ2) is 3.06. The van der Waals surface area contributed by atoms with Crippen molar-refractivity contribution in [2.24, 2.45) is 5.16 Å². The van der Waals surface area contributed by atoms with Crippen LogP contribution in [-0.2, 0) is 0 Å². The largest absolute Gasteiger partial charge is 0.455 e. The van der Waals surface area contributed by atoms with E-state index in [0.717, 1.165) is 0 Å². The molecule has 2 rings (SSSR count). The molecule has 4 nitrogen and oxygen atoms in total. The van der Waals surface area contributed by atoms with Crippen LogP contribution in [0.3, 0.4) is 0 Å². The monoisotopic (exact) mass is 196 g/mol. The molecule has 0 amide bonds. The summed E-state index contributed by atoms with van der Waals surface area (Å²) < 4.78 is 5.26. The number of pyridine rings is 1. The number of fused-ring (bicyclic) bond motifs is 1. The van der Waals surface area contributed by atoms with E-state index in [4.69, 9.17) is 21.2 Å². The first kappa shape index (κ1) is 8.07. The van der Waals surface area contributed by atoms with E-state index in [2.05, 4.69) is 10.1 Å². The summed E-state index contributed by atoms with van der Waals surface area (Å²) in [5.41, 5.74) is 0.620. The number of furan rings is 1. The van der Waals surface area contributed by atoms with Crippen LogP contribution in [0.5, 0.6) is 0 Å². The third-order valence-corrected chi connectivity index (χ3v) is 1.90. The topological polar surface area (TPSA) is 58.6 Å². The predicted molar refractivity (Wildman–Crippen MR) is 48.4 cm³/mol. The fraction of sp³-hybridized carbons (Fsp3) is 0. The molecule has 0 aliphatic rings. The van der Waals surface area contributed by atoms with Gasteiger partial charge < -0.3 is 9.62 Å². The Morgan fingerprint density at radius 2 is 2.46 bits per heavy atom. The summed E-state index contributed by atoms with van der Waals surface area (Å²) in [6.07, 6.45) is 2.74. The fourth-order valence-electron chi connectivity index (χ4n) is 1.07. The van der Waals surface area contributed by atoms with Crippen molar-refractivity contribution in [3.63, 3.8) is 0 Å². The number of aromatic nitrogens is 1. The second-order valence-corrected chi connectivity index (χ2v) is 2.76. The number of hydrogen-bond donors (Lipinski definition) is 1. The maximum absolute atomic E-state index is 8.27. The number of rotatable bonds is 1. The van der Waals surface area contributed by atoms with Gasteiger partial charge in [-0.2, -0.15) is 0 Å². The van der Waals surface area contributed by atoms with Crippen LogP contribution in [0, 0.1) is 0 Å². The average molecular weight is 197 g/mol. The Hall–Kier alpha value is -1.55. The van der Waals surface area contributed by atoms with Crippen LogP contribution in [0.15, 0.2) is 27.9 Å². The Morgan fingerprint density at radius 1 is 1.62 bits per heavy atom. The molecule has 66 valence electrons. The van der Waals surface area contributed by atoms with Gasteiger partial charge in [-0.15, -0.1) is 0 Å². The van der Waals surface area contributed by atoms with Crippen molar-refractivity contribution in [1.29, 1.82) is 0 Å². The normalized spacial score (nSPS) is 11.5. The van der Waals surface area contributed by atoms with Crippen molar-refractivity contribution < 1.29 is 9.62 Å². The molecule has 0 bridgehead atoms. The van der Waals surface area contributed by atoms with E-state index in [1.54, 1.807) is 18.3 Å². The molecule has 2 heterocycles. The third-order valence-electron chi connectivity index (χ3n) is 1.60. The summed E-state index contributed by atoms with van der Waals surface area (Å²) in [6, 6.07) is 3.35. The molecule has 0 fully saturated rings. The molecule has 0 aliphatic carbocycles. The van der Waals surface area contributed by atoms with Crippen molar-refractivity contribution in [2.75, 3.05) is 0 Å². The van der Waals surface area contributed by atoms with E-state index in [0.29, 0.717) is 21.9 Å². The molecular formula is C8H5ClN2O2. The molecule has 2 aromatic rings. The first-order valence-electron chi connectivity index (χ1n) is 3.53. The third kappa shape index (κ3) is 1.36. The van der Waals surface area contributed by atoms with Gasteiger partial charge in [0.25, 0.3) is 0 Å². The first-order valence-corrected chi connectivity index (χ1v) is 3.90. The lowest BCUT2D eigenvalue weighted by atomic mass is 10.3. The van der Waals surface area contributed by atoms with Gasteiger partial charge in [-0.1, -0.05) is 16.8 Å². The van der Waals surface area contributed by atoms with E-state index in [1.165, 1.54) is 6.21 Å². The van der Waals surface area contributed by atoms with Crippen molar-refractivity contribution in [2.45, 2.75) is 0 Å². The van der Waals surface area contributed by atoms with E-state index < -0.39 is 0 Å². The Balaban J connectivity index is 2.68. The SMILES string of the molecule is O/N=C/c1cc2c(Cl)nccc2o1. The zero-order valence-corrected chi connectivity index (χ0v) is 7.19. The lowest BCUT2D eigenvalue weighted by Gasteiger charge is -1.87. The number of oxime groups is 1. The molecule has 1 N–H and O–H groups in total. The summed E-state index contributed by atoms with van der Waals surface area (Å²) in [7, 11) is 0. The van der Waals surface area contributed by atoms with E-state index >= 15 is 0 Å². The summed E-state index contributed by atoms with van der Waals surface area (Å²) in [5.74, 6) is 0.437. The lowest BCUT2D eigenvalue weighted by molar-refractivity contribution is 0.321.